The molecular formula is C22H26Cl2N2O2. The monoisotopic (exact) mass is 420 g/mol. The van der Waals surface area contributed by atoms with Gasteiger partial charge in [0.1, 0.15) is 5.56 Å². The van der Waals surface area contributed by atoms with Crippen molar-refractivity contribution in [3.8, 4) is 0 Å². The number of halogens is 2. The maximum Gasteiger partial charge on any atom is 0.341 e. The van der Waals surface area contributed by atoms with E-state index in [9.17, 15) is 4.79 Å². The number of rotatable bonds is 3. The number of hydrogen-bond acceptors (Lipinski definition) is 4. The molecule has 0 N–H and O–H groups in total. The molecule has 2 fully saturated rings. The highest BCUT2D eigenvalue weighted by molar-refractivity contribution is 6.45. The smallest absolute Gasteiger partial charge is 0.341 e. The van der Waals surface area contributed by atoms with Gasteiger partial charge < -0.3 is 9.64 Å². The van der Waals surface area contributed by atoms with Gasteiger partial charge in [-0.2, -0.15) is 0 Å². The lowest BCUT2D eigenvalue weighted by molar-refractivity contribution is 0.0526. The molecule has 2 bridgehead atoms. The summed E-state index contributed by atoms with van der Waals surface area (Å²) in [5, 5.41) is 1.74. The first-order valence-corrected chi connectivity index (χ1v) is 10.6. The van der Waals surface area contributed by atoms with Crippen LogP contribution < -0.4 is 4.90 Å². The Morgan fingerprint density at radius 2 is 2.04 bits per heavy atom. The lowest BCUT2D eigenvalue weighted by atomic mass is 9.65. The Hall–Kier alpha value is -1.52. The second-order valence-corrected chi connectivity index (χ2v) is 10.1. The van der Waals surface area contributed by atoms with E-state index in [4.69, 9.17) is 27.9 Å². The second kappa shape index (κ2) is 6.77. The van der Waals surface area contributed by atoms with Crippen LogP contribution in [0, 0.1) is 10.8 Å². The molecule has 0 radical (unpaired) electrons. The number of aromatic nitrogens is 1. The normalized spacial score (nSPS) is 25.9. The molecule has 0 unspecified atom stereocenters. The Bertz CT molecular complexity index is 959. The van der Waals surface area contributed by atoms with Gasteiger partial charge in [-0.15, -0.1) is 0 Å². The van der Waals surface area contributed by atoms with Gasteiger partial charge in [0.15, 0.2) is 0 Å². The molecule has 2 heterocycles. The van der Waals surface area contributed by atoms with Gasteiger partial charge in [-0.3, -0.25) is 4.98 Å². The summed E-state index contributed by atoms with van der Waals surface area (Å²) in [6, 6.07) is 4.08. The molecule has 2 atom stereocenters. The third kappa shape index (κ3) is 3.25. The van der Waals surface area contributed by atoms with Crippen molar-refractivity contribution < 1.29 is 9.53 Å². The minimum absolute atomic E-state index is 0.226. The van der Waals surface area contributed by atoms with Gasteiger partial charge in [0.25, 0.3) is 0 Å². The summed E-state index contributed by atoms with van der Waals surface area (Å²) in [5.41, 5.74) is 2.52. The minimum Gasteiger partial charge on any atom is -0.462 e. The first-order chi connectivity index (χ1) is 13.1. The van der Waals surface area contributed by atoms with E-state index in [0.29, 0.717) is 33.8 Å². The van der Waals surface area contributed by atoms with Gasteiger partial charge in [0.2, 0.25) is 0 Å². The van der Waals surface area contributed by atoms with Gasteiger partial charge in [-0.25, -0.2) is 4.79 Å². The maximum absolute atomic E-state index is 12.8. The van der Waals surface area contributed by atoms with Gasteiger partial charge in [0.05, 0.1) is 27.9 Å². The molecule has 1 aromatic heterocycles. The molecule has 28 heavy (non-hydrogen) atoms. The zero-order valence-corrected chi connectivity index (χ0v) is 18.3. The lowest BCUT2D eigenvalue weighted by Gasteiger charge is -2.39. The van der Waals surface area contributed by atoms with Crippen molar-refractivity contribution in [2.75, 3.05) is 18.1 Å². The molecule has 0 spiro atoms. The summed E-state index contributed by atoms with van der Waals surface area (Å²) in [6.07, 6.45) is 4.99. The summed E-state index contributed by atoms with van der Waals surface area (Å²) in [6.45, 7) is 10.1. The lowest BCUT2D eigenvalue weighted by Crippen LogP contribution is -2.35. The highest BCUT2D eigenvalue weighted by Gasteiger charge is 2.50. The number of esters is 1. The molecule has 6 heteroatoms. The van der Waals surface area contributed by atoms with Crippen molar-refractivity contribution in [1.29, 1.82) is 0 Å². The fourth-order valence-corrected chi connectivity index (χ4v) is 5.95. The highest BCUT2D eigenvalue weighted by atomic mass is 35.5. The second-order valence-electron chi connectivity index (χ2n) is 9.34. The van der Waals surface area contributed by atoms with E-state index in [0.717, 1.165) is 30.5 Å². The van der Waals surface area contributed by atoms with Crippen molar-refractivity contribution in [2.45, 2.75) is 53.0 Å². The molecule has 0 amide bonds. The number of carbonyl (C=O) groups excluding carboxylic acids is 1. The van der Waals surface area contributed by atoms with Gasteiger partial charge in [-0.05, 0) is 49.1 Å². The summed E-state index contributed by atoms with van der Waals surface area (Å²) in [4.78, 5) is 19.6. The van der Waals surface area contributed by atoms with Crippen molar-refractivity contribution >= 4 is 45.8 Å². The summed E-state index contributed by atoms with van der Waals surface area (Å²) in [5.74, 6) is -0.344. The van der Waals surface area contributed by atoms with Crippen LogP contribution in [-0.4, -0.2) is 30.1 Å². The number of anilines is 1. The average molecular weight is 421 g/mol. The molecule has 1 saturated heterocycles. The molecule has 150 valence electrons. The van der Waals surface area contributed by atoms with E-state index >= 15 is 0 Å². The first-order valence-electron chi connectivity index (χ1n) is 9.85. The van der Waals surface area contributed by atoms with Gasteiger partial charge in [0, 0.05) is 24.2 Å². The molecule has 1 aromatic carbocycles. The third-order valence-corrected chi connectivity index (χ3v) is 6.89. The third-order valence-electron chi connectivity index (χ3n) is 6.10. The Kier molecular flexibility index (Phi) is 4.79. The summed E-state index contributed by atoms with van der Waals surface area (Å²) < 4.78 is 5.34. The number of fused-ring (bicyclic) bond motifs is 3. The predicted molar refractivity (Wildman–Crippen MR) is 115 cm³/mol. The Balaban J connectivity index is 1.93. The number of benzene rings is 1. The number of carbonyl (C=O) groups is 1. The highest BCUT2D eigenvalue weighted by Crippen LogP contribution is 2.54. The van der Waals surface area contributed by atoms with Crippen LogP contribution in [0.3, 0.4) is 0 Å². The minimum atomic E-state index is -0.344. The average Bonchev–Trinajstić information content (AvgIpc) is 2.86. The number of hydrogen-bond donors (Lipinski definition) is 0. The van der Waals surface area contributed by atoms with Crippen molar-refractivity contribution in [3.63, 3.8) is 0 Å². The summed E-state index contributed by atoms with van der Waals surface area (Å²) >= 11 is 12.7. The Labute approximate surface area is 176 Å². The van der Waals surface area contributed by atoms with E-state index in [2.05, 4.69) is 30.7 Å². The topological polar surface area (TPSA) is 42.4 Å². The zero-order chi connectivity index (χ0) is 20.3. The fraction of sp³-hybridized carbons (Fsp3) is 0.545. The van der Waals surface area contributed by atoms with E-state index in [1.165, 1.54) is 6.42 Å². The number of nitrogens with zero attached hydrogens (tertiary/aromatic N) is 2. The molecule has 2 aromatic rings. The van der Waals surface area contributed by atoms with Crippen LogP contribution >= 0.6 is 23.2 Å². The standard InChI is InChI=1S/C22H26Cl2N2O2/c1-5-28-20(27)15-10-25-18-14(6-7-16(23)17(18)24)19(15)26-12-22(4)9-13(26)8-21(2,3)11-22/h6-7,10,13H,5,8-9,11-12H2,1-4H3/t13-,22-/m0/s1. The van der Waals surface area contributed by atoms with Crippen molar-refractivity contribution in [1.82, 2.24) is 4.98 Å². The van der Waals surface area contributed by atoms with E-state index in [1.54, 1.807) is 12.3 Å². The van der Waals surface area contributed by atoms with E-state index in [1.807, 2.05) is 13.0 Å². The van der Waals surface area contributed by atoms with Crippen molar-refractivity contribution in [2.24, 2.45) is 10.8 Å². The SMILES string of the molecule is CCOC(=O)c1cnc2c(Cl)c(Cl)ccc2c1N1C[C@@]2(C)C[C@@H]1CC(C)(C)C2. The molecule has 4 nitrogen and oxygen atoms in total. The van der Waals surface area contributed by atoms with Gasteiger partial charge >= 0.3 is 5.97 Å². The van der Waals surface area contributed by atoms with Crippen LogP contribution in [0.25, 0.3) is 10.9 Å². The molecule has 1 saturated carbocycles. The largest absolute Gasteiger partial charge is 0.462 e. The molecule has 1 aliphatic heterocycles. The summed E-state index contributed by atoms with van der Waals surface area (Å²) in [7, 11) is 0. The van der Waals surface area contributed by atoms with Crippen molar-refractivity contribution in [3.05, 3.63) is 33.9 Å². The number of pyridine rings is 1. The van der Waals surface area contributed by atoms with Crippen LogP contribution in [0.5, 0.6) is 0 Å². The molecule has 4 rings (SSSR count). The van der Waals surface area contributed by atoms with Crippen LogP contribution in [0.2, 0.25) is 10.0 Å². The fourth-order valence-electron chi connectivity index (χ4n) is 5.58. The first kappa shape index (κ1) is 19.8. The maximum atomic E-state index is 12.8. The van der Waals surface area contributed by atoms with Crippen LogP contribution in [0.1, 0.15) is 57.3 Å². The Morgan fingerprint density at radius 1 is 1.29 bits per heavy atom. The van der Waals surface area contributed by atoms with E-state index < -0.39 is 0 Å². The van der Waals surface area contributed by atoms with Crippen LogP contribution in [-0.2, 0) is 4.74 Å². The number of ether oxygens (including phenoxy) is 1. The van der Waals surface area contributed by atoms with Gasteiger partial charge in [-0.1, -0.05) is 44.0 Å². The Morgan fingerprint density at radius 3 is 2.75 bits per heavy atom. The molecule has 2 aliphatic rings. The molecule has 1 aliphatic carbocycles. The van der Waals surface area contributed by atoms with Crippen LogP contribution in [0.15, 0.2) is 18.3 Å². The van der Waals surface area contributed by atoms with E-state index in [-0.39, 0.29) is 16.8 Å². The quantitative estimate of drug-likeness (QED) is 0.560. The predicted octanol–water partition coefficient (Wildman–Crippen LogP) is 6.12. The van der Waals surface area contributed by atoms with Crippen LogP contribution in [0.4, 0.5) is 5.69 Å². The zero-order valence-electron chi connectivity index (χ0n) is 16.8. The molecular weight excluding hydrogens is 395 g/mol.